The third-order valence-electron chi connectivity index (χ3n) is 4.96. The average molecular weight is 449 g/mol. The van der Waals surface area contributed by atoms with Crippen molar-refractivity contribution in [3.8, 4) is 11.5 Å². The number of aromatic hydroxyl groups is 1. The predicted molar refractivity (Wildman–Crippen MR) is 115 cm³/mol. The van der Waals surface area contributed by atoms with Gasteiger partial charge in [-0.2, -0.15) is 0 Å². The van der Waals surface area contributed by atoms with Gasteiger partial charge in [-0.25, -0.2) is 14.4 Å². The number of methoxy groups -OCH3 is 2. The number of esters is 1. The van der Waals surface area contributed by atoms with Gasteiger partial charge in [-0.3, -0.25) is 9.69 Å². The van der Waals surface area contributed by atoms with Crippen LogP contribution in [0.3, 0.4) is 0 Å². The van der Waals surface area contributed by atoms with Gasteiger partial charge in [0.25, 0.3) is 0 Å². The summed E-state index contributed by atoms with van der Waals surface area (Å²) >= 11 is 6.02. The standard InChI is InChI=1S/C21H22ClFN4O4/c1-11(21(29)31-4)27(2)9-12-5-15(23)14(22)7-16(12)26-20-13-6-18(28)19(30-3)8-17(13)24-10-25-20/h5-8,10-11,28H,9H2,1-4H3,(H,24,25,26)/t11-/m0/s1. The van der Waals surface area contributed by atoms with E-state index in [-0.39, 0.29) is 23.1 Å². The van der Waals surface area contributed by atoms with Crippen LogP contribution in [-0.4, -0.2) is 53.3 Å². The van der Waals surface area contributed by atoms with Crippen LogP contribution in [0.25, 0.3) is 10.9 Å². The Hall–Kier alpha value is -3.17. The maximum Gasteiger partial charge on any atom is 0.322 e. The quantitative estimate of drug-likeness (QED) is 0.526. The smallest absolute Gasteiger partial charge is 0.322 e. The van der Waals surface area contributed by atoms with Gasteiger partial charge in [0.05, 0.1) is 24.8 Å². The molecular weight excluding hydrogens is 427 g/mol. The summed E-state index contributed by atoms with van der Waals surface area (Å²) in [6, 6.07) is 5.27. The second-order valence-electron chi connectivity index (χ2n) is 6.93. The van der Waals surface area contributed by atoms with E-state index in [2.05, 4.69) is 15.3 Å². The molecule has 0 aliphatic carbocycles. The lowest BCUT2D eigenvalue weighted by atomic mass is 10.1. The van der Waals surface area contributed by atoms with Crippen LogP contribution in [0.2, 0.25) is 5.02 Å². The fourth-order valence-electron chi connectivity index (χ4n) is 3.05. The van der Waals surface area contributed by atoms with E-state index in [0.717, 1.165) is 0 Å². The molecule has 0 amide bonds. The number of nitrogens with zero attached hydrogens (tertiary/aromatic N) is 3. The molecule has 0 spiro atoms. The number of anilines is 2. The van der Waals surface area contributed by atoms with E-state index >= 15 is 0 Å². The topological polar surface area (TPSA) is 96.8 Å². The molecule has 10 heteroatoms. The number of carbonyl (C=O) groups is 1. The lowest BCUT2D eigenvalue weighted by Crippen LogP contribution is -2.36. The Kier molecular flexibility index (Phi) is 6.77. The highest BCUT2D eigenvalue weighted by Gasteiger charge is 2.21. The highest BCUT2D eigenvalue weighted by atomic mass is 35.5. The molecule has 31 heavy (non-hydrogen) atoms. The van der Waals surface area contributed by atoms with E-state index in [1.165, 1.54) is 38.7 Å². The Morgan fingerprint density at radius 3 is 2.71 bits per heavy atom. The first-order valence-electron chi connectivity index (χ1n) is 9.29. The van der Waals surface area contributed by atoms with Crippen LogP contribution in [0.1, 0.15) is 12.5 Å². The number of carbonyl (C=O) groups excluding carboxylic acids is 1. The van der Waals surface area contributed by atoms with Gasteiger partial charge >= 0.3 is 5.97 Å². The van der Waals surface area contributed by atoms with Crippen molar-refractivity contribution in [3.05, 3.63) is 47.0 Å². The normalized spacial score (nSPS) is 12.1. The maximum atomic E-state index is 14.2. The Labute approximate surface area is 183 Å². The van der Waals surface area contributed by atoms with Crippen molar-refractivity contribution in [2.75, 3.05) is 26.6 Å². The van der Waals surface area contributed by atoms with Crippen molar-refractivity contribution < 1.29 is 23.8 Å². The van der Waals surface area contributed by atoms with Crippen LogP contribution in [0.4, 0.5) is 15.9 Å². The molecule has 3 rings (SSSR count). The molecule has 1 heterocycles. The van der Waals surface area contributed by atoms with Crippen LogP contribution >= 0.6 is 11.6 Å². The number of phenolic OH excluding ortho intramolecular Hbond substituents is 1. The summed E-state index contributed by atoms with van der Waals surface area (Å²) in [6.07, 6.45) is 1.36. The minimum atomic E-state index is -0.587. The molecule has 164 valence electrons. The summed E-state index contributed by atoms with van der Waals surface area (Å²) < 4.78 is 24.1. The predicted octanol–water partition coefficient (Wildman–Crippen LogP) is 3.87. The summed E-state index contributed by atoms with van der Waals surface area (Å²) in [6.45, 7) is 1.92. The highest BCUT2D eigenvalue weighted by Crippen LogP contribution is 2.35. The van der Waals surface area contributed by atoms with Crippen LogP contribution in [-0.2, 0) is 16.1 Å². The molecular formula is C21H22ClFN4O4. The number of halogens is 2. The Bertz CT molecular complexity index is 1130. The molecule has 1 atom stereocenters. The molecule has 0 saturated heterocycles. The molecule has 0 aliphatic rings. The molecule has 1 aromatic heterocycles. The number of hydrogen-bond acceptors (Lipinski definition) is 8. The molecule has 8 nitrogen and oxygen atoms in total. The zero-order valence-corrected chi connectivity index (χ0v) is 18.2. The van der Waals surface area contributed by atoms with Crippen molar-refractivity contribution in [1.82, 2.24) is 14.9 Å². The first-order chi connectivity index (χ1) is 14.7. The molecule has 0 aliphatic heterocycles. The summed E-state index contributed by atoms with van der Waals surface area (Å²) in [5, 5.41) is 13.8. The molecule has 3 aromatic rings. The van der Waals surface area contributed by atoms with Gasteiger partial charge in [-0.15, -0.1) is 0 Å². The van der Waals surface area contributed by atoms with Crippen molar-refractivity contribution in [1.29, 1.82) is 0 Å². The van der Waals surface area contributed by atoms with Crippen LogP contribution in [0, 0.1) is 5.82 Å². The van der Waals surface area contributed by atoms with Gasteiger partial charge in [0, 0.05) is 23.7 Å². The first kappa shape index (κ1) is 22.5. The molecule has 0 unspecified atom stereocenters. The van der Waals surface area contributed by atoms with E-state index in [1.54, 1.807) is 24.9 Å². The Balaban J connectivity index is 2.01. The molecule has 0 fully saturated rings. The Morgan fingerprint density at radius 1 is 1.29 bits per heavy atom. The van der Waals surface area contributed by atoms with Gasteiger partial charge < -0.3 is 19.9 Å². The number of likely N-dealkylation sites (N-methyl/N-ethyl adjacent to an activating group) is 1. The Morgan fingerprint density at radius 2 is 2.03 bits per heavy atom. The third-order valence-corrected chi connectivity index (χ3v) is 5.25. The number of phenols is 1. The van der Waals surface area contributed by atoms with Gasteiger partial charge in [0.15, 0.2) is 11.5 Å². The minimum absolute atomic E-state index is 0.0715. The van der Waals surface area contributed by atoms with Crippen LogP contribution < -0.4 is 10.1 Å². The number of ether oxygens (including phenoxy) is 2. The number of aromatic nitrogens is 2. The fraction of sp³-hybridized carbons (Fsp3) is 0.286. The van der Waals surface area contributed by atoms with Crippen molar-refractivity contribution in [2.45, 2.75) is 19.5 Å². The number of nitrogens with one attached hydrogen (secondary N) is 1. The molecule has 0 bridgehead atoms. The van der Waals surface area contributed by atoms with Crippen molar-refractivity contribution >= 4 is 40.0 Å². The number of hydrogen-bond donors (Lipinski definition) is 2. The zero-order chi connectivity index (χ0) is 22.7. The second-order valence-corrected chi connectivity index (χ2v) is 7.33. The van der Waals surface area contributed by atoms with Gasteiger partial charge in [0.2, 0.25) is 0 Å². The maximum absolute atomic E-state index is 14.2. The average Bonchev–Trinajstić information content (AvgIpc) is 2.75. The fourth-order valence-corrected chi connectivity index (χ4v) is 3.22. The van der Waals surface area contributed by atoms with Gasteiger partial charge in [0.1, 0.15) is 24.0 Å². The molecule has 0 saturated carbocycles. The summed E-state index contributed by atoms with van der Waals surface area (Å²) in [4.78, 5) is 22.0. The third kappa shape index (κ3) is 4.78. The SMILES string of the molecule is COC(=O)[C@H](C)N(C)Cc1cc(F)c(Cl)cc1Nc1ncnc2cc(OC)c(O)cc12. The van der Waals surface area contributed by atoms with Crippen LogP contribution in [0.15, 0.2) is 30.6 Å². The summed E-state index contributed by atoms with van der Waals surface area (Å²) in [5.74, 6) is -0.401. The summed E-state index contributed by atoms with van der Waals surface area (Å²) in [5.41, 5.74) is 1.58. The van der Waals surface area contributed by atoms with E-state index in [9.17, 15) is 14.3 Å². The zero-order valence-electron chi connectivity index (χ0n) is 17.4. The van der Waals surface area contributed by atoms with Gasteiger partial charge in [-0.05, 0) is 37.7 Å². The van der Waals surface area contributed by atoms with E-state index < -0.39 is 17.8 Å². The molecule has 2 N–H and O–H groups in total. The second kappa shape index (κ2) is 9.32. The highest BCUT2D eigenvalue weighted by molar-refractivity contribution is 6.31. The van der Waals surface area contributed by atoms with Crippen molar-refractivity contribution in [2.24, 2.45) is 0 Å². The summed E-state index contributed by atoms with van der Waals surface area (Å²) in [7, 11) is 4.48. The van der Waals surface area contributed by atoms with Gasteiger partial charge in [-0.1, -0.05) is 11.6 Å². The van der Waals surface area contributed by atoms with Crippen molar-refractivity contribution in [3.63, 3.8) is 0 Å². The first-order valence-corrected chi connectivity index (χ1v) is 9.67. The van der Waals surface area contributed by atoms with E-state index in [0.29, 0.717) is 28.0 Å². The van der Waals surface area contributed by atoms with E-state index in [1.807, 2.05) is 0 Å². The largest absolute Gasteiger partial charge is 0.504 e. The number of fused-ring (bicyclic) bond motifs is 1. The molecule has 2 aromatic carbocycles. The lowest BCUT2D eigenvalue weighted by Gasteiger charge is -2.24. The lowest BCUT2D eigenvalue weighted by molar-refractivity contribution is -0.145. The number of benzene rings is 2. The number of rotatable bonds is 7. The molecule has 0 radical (unpaired) electrons. The monoisotopic (exact) mass is 448 g/mol. The van der Waals surface area contributed by atoms with E-state index in [4.69, 9.17) is 21.1 Å². The minimum Gasteiger partial charge on any atom is -0.504 e. The van der Waals surface area contributed by atoms with Crippen LogP contribution in [0.5, 0.6) is 11.5 Å².